The molecule has 1 amide bonds. The maximum Gasteiger partial charge on any atom is 0.279 e. The first-order valence-electron chi connectivity index (χ1n) is 11.9. The number of aryl methyl sites for hydroxylation is 1. The van der Waals surface area contributed by atoms with Crippen LogP contribution in [0.4, 0.5) is 11.6 Å². The van der Waals surface area contributed by atoms with Crippen molar-refractivity contribution in [3.63, 3.8) is 0 Å². The SMILES string of the molecule is CCn1c(CNC(=O)c2nc(Cl)c(N)nc2N)[n+]([C@H](C)O)c2cc(O[C@H]3CO[C@H]4[C@@H]3OC[C@@H]4O)ccc21. The lowest BCUT2D eigenvalue weighted by Gasteiger charge is -2.17. The Labute approximate surface area is 216 Å². The largest absolute Gasteiger partial charge is 0.485 e. The van der Waals surface area contributed by atoms with E-state index in [0.717, 1.165) is 5.52 Å². The third-order valence-corrected chi connectivity index (χ3v) is 6.85. The quantitative estimate of drug-likeness (QED) is 0.256. The van der Waals surface area contributed by atoms with E-state index in [1.54, 1.807) is 11.5 Å². The van der Waals surface area contributed by atoms with Crippen molar-refractivity contribution in [1.82, 2.24) is 19.9 Å². The van der Waals surface area contributed by atoms with Crippen molar-refractivity contribution in [2.75, 3.05) is 24.7 Å². The van der Waals surface area contributed by atoms with Gasteiger partial charge in [-0.15, -0.1) is 0 Å². The van der Waals surface area contributed by atoms with Crippen LogP contribution in [-0.2, 0) is 22.6 Å². The summed E-state index contributed by atoms with van der Waals surface area (Å²) < 4.78 is 21.2. The van der Waals surface area contributed by atoms with Gasteiger partial charge in [0, 0.05) is 13.0 Å². The van der Waals surface area contributed by atoms with Gasteiger partial charge in [-0.1, -0.05) is 11.6 Å². The fourth-order valence-corrected chi connectivity index (χ4v) is 5.05. The number of carbonyl (C=O) groups is 1. The third kappa shape index (κ3) is 4.53. The number of hydrogen-bond donors (Lipinski definition) is 5. The summed E-state index contributed by atoms with van der Waals surface area (Å²) in [6.07, 6.45) is -2.70. The molecule has 7 N–H and O–H groups in total. The zero-order chi connectivity index (χ0) is 26.4. The predicted molar refractivity (Wildman–Crippen MR) is 132 cm³/mol. The first-order chi connectivity index (χ1) is 17.7. The Morgan fingerprint density at radius 3 is 2.78 bits per heavy atom. The Bertz CT molecular complexity index is 1350. The Kier molecular flexibility index (Phi) is 6.81. The van der Waals surface area contributed by atoms with E-state index in [-0.39, 0.29) is 47.8 Å². The molecular weight excluding hydrogens is 506 g/mol. The molecule has 0 aliphatic carbocycles. The van der Waals surface area contributed by atoms with Gasteiger partial charge in [-0.25, -0.2) is 14.5 Å². The summed E-state index contributed by atoms with van der Waals surface area (Å²) in [6, 6.07) is 5.54. The second-order valence-corrected chi connectivity index (χ2v) is 9.31. The number of aliphatic hydroxyl groups is 2. The van der Waals surface area contributed by atoms with Crippen LogP contribution in [0, 0.1) is 0 Å². The third-order valence-electron chi connectivity index (χ3n) is 6.57. The Morgan fingerprint density at radius 2 is 2.05 bits per heavy atom. The fourth-order valence-electron chi connectivity index (χ4n) is 4.93. The molecule has 5 rings (SSSR count). The van der Waals surface area contributed by atoms with Crippen LogP contribution >= 0.6 is 11.6 Å². The number of ether oxygens (including phenoxy) is 3. The average Bonchev–Trinajstić information content (AvgIpc) is 3.52. The van der Waals surface area contributed by atoms with Gasteiger partial charge in [0.1, 0.15) is 30.6 Å². The second kappa shape index (κ2) is 9.91. The molecule has 0 radical (unpaired) electrons. The number of amides is 1. The normalized spacial score (nSPS) is 23.8. The molecule has 2 aliphatic rings. The Hall–Kier alpha value is -3.23. The number of halogens is 1. The monoisotopic (exact) mass is 534 g/mol. The number of imidazole rings is 1. The molecule has 14 heteroatoms. The molecule has 2 aliphatic heterocycles. The van der Waals surface area contributed by atoms with Gasteiger partial charge in [0.25, 0.3) is 11.7 Å². The minimum atomic E-state index is -0.916. The van der Waals surface area contributed by atoms with Crippen LogP contribution in [0.3, 0.4) is 0 Å². The number of rotatable bonds is 7. The van der Waals surface area contributed by atoms with E-state index in [0.29, 0.717) is 30.2 Å². The van der Waals surface area contributed by atoms with E-state index < -0.39 is 24.3 Å². The van der Waals surface area contributed by atoms with Crippen LogP contribution in [0.15, 0.2) is 18.2 Å². The van der Waals surface area contributed by atoms with Gasteiger partial charge in [-0.2, -0.15) is 4.57 Å². The molecule has 2 saturated heterocycles. The van der Waals surface area contributed by atoms with Crippen LogP contribution < -0.4 is 26.1 Å². The molecule has 0 saturated carbocycles. The number of anilines is 2. The molecule has 0 bridgehead atoms. The van der Waals surface area contributed by atoms with Gasteiger partial charge in [0.2, 0.25) is 0 Å². The maximum absolute atomic E-state index is 12.8. The number of benzene rings is 1. The number of carbonyl (C=O) groups excluding carboxylic acids is 1. The smallest absolute Gasteiger partial charge is 0.279 e. The van der Waals surface area contributed by atoms with Crippen molar-refractivity contribution in [2.24, 2.45) is 0 Å². The number of nitrogens with zero attached hydrogens (tertiary/aromatic N) is 4. The van der Waals surface area contributed by atoms with Crippen LogP contribution in [0.1, 0.15) is 36.4 Å². The number of nitrogens with two attached hydrogens (primary N) is 2. The van der Waals surface area contributed by atoms with E-state index >= 15 is 0 Å². The summed E-state index contributed by atoms with van der Waals surface area (Å²) in [7, 11) is 0. The summed E-state index contributed by atoms with van der Waals surface area (Å²) >= 11 is 5.91. The fraction of sp³-hybridized carbons (Fsp3) is 0.478. The highest BCUT2D eigenvalue weighted by molar-refractivity contribution is 6.31. The van der Waals surface area contributed by atoms with Gasteiger partial charge in [-0.05, 0) is 19.1 Å². The molecule has 3 aromatic rings. The Morgan fingerprint density at radius 1 is 1.30 bits per heavy atom. The second-order valence-electron chi connectivity index (χ2n) is 8.95. The maximum atomic E-state index is 12.8. The highest BCUT2D eigenvalue weighted by Crippen LogP contribution is 2.31. The van der Waals surface area contributed by atoms with Crippen LogP contribution in [0.25, 0.3) is 11.0 Å². The van der Waals surface area contributed by atoms with Crippen molar-refractivity contribution in [3.8, 4) is 5.75 Å². The number of nitrogen functional groups attached to an aromatic ring is 2. The number of hydrogen-bond acceptors (Lipinski definition) is 10. The molecule has 37 heavy (non-hydrogen) atoms. The lowest BCUT2D eigenvalue weighted by Crippen LogP contribution is -2.44. The lowest BCUT2D eigenvalue weighted by atomic mass is 10.1. The van der Waals surface area contributed by atoms with Crippen molar-refractivity contribution >= 4 is 40.2 Å². The summed E-state index contributed by atoms with van der Waals surface area (Å²) in [4.78, 5) is 20.6. The molecule has 2 fully saturated rings. The molecular formula is C23H29ClN7O6+. The number of fused-ring (bicyclic) bond motifs is 2. The molecule has 4 heterocycles. The van der Waals surface area contributed by atoms with Crippen molar-refractivity contribution in [3.05, 3.63) is 34.9 Å². The van der Waals surface area contributed by atoms with Crippen LogP contribution in [0.5, 0.6) is 5.75 Å². The predicted octanol–water partition coefficient (Wildman–Crippen LogP) is -0.0968. The average molecular weight is 535 g/mol. The van der Waals surface area contributed by atoms with Gasteiger partial charge in [0.05, 0.1) is 19.8 Å². The molecule has 1 aromatic carbocycles. The van der Waals surface area contributed by atoms with Crippen molar-refractivity contribution in [1.29, 1.82) is 0 Å². The topological polar surface area (TPSA) is 184 Å². The highest BCUT2D eigenvalue weighted by Gasteiger charge is 2.48. The Balaban J connectivity index is 1.43. The molecule has 2 aromatic heterocycles. The van der Waals surface area contributed by atoms with Gasteiger partial charge < -0.3 is 41.2 Å². The van der Waals surface area contributed by atoms with E-state index in [2.05, 4.69) is 15.3 Å². The van der Waals surface area contributed by atoms with Gasteiger partial charge in [-0.3, -0.25) is 4.79 Å². The van der Waals surface area contributed by atoms with Crippen LogP contribution in [0.2, 0.25) is 5.15 Å². The zero-order valence-electron chi connectivity index (χ0n) is 20.3. The van der Waals surface area contributed by atoms with E-state index in [4.69, 9.17) is 37.3 Å². The zero-order valence-corrected chi connectivity index (χ0v) is 21.1. The molecule has 0 unspecified atom stereocenters. The molecule has 5 atom stereocenters. The number of nitrogens with one attached hydrogen (secondary N) is 1. The first kappa shape index (κ1) is 25.4. The summed E-state index contributed by atoms with van der Waals surface area (Å²) in [5.41, 5.74) is 12.8. The number of aromatic nitrogens is 4. The summed E-state index contributed by atoms with van der Waals surface area (Å²) in [5, 5.41) is 23.3. The number of aliphatic hydroxyl groups excluding tert-OH is 2. The minimum Gasteiger partial charge on any atom is -0.485 e. The van der Waals surface area contributed by atoms with Crippen molar-refractivity contribution in [2.45, 2.75) is 57.6 Å². The summed E-state index contributed by atoms with van der Waals surface area (Å²) in [5.74, 6) is 0.400. The van der Waals surface area contributed by atoms with E-state index in [9.17, 15) is 15.0 Å². The standard InChI is InChI=1S/C23H28ClN7O6/c1-3-30-12-5-4-11(37-15-9-36-18-14(33)8-35-19(15)18)6-13(12)31(10(2)32)16(30)7-27-23(34)17-21(25)29-22(26)20(24)28-17/h4-6,10,14-15,18-19,32-33H,3,7-9H2,1-2H3,(H4-,25,26,27,29,34)/p+1/t10-,14-,15-,18+,19+/m0/s1. The van der Waals surface area contributed by atoms with Crippen molar-refractivity contribution < 1.29 is 33.8 Å². The summed E-state index contributed by atoms with van der Waals surface area (Å²) in [6.45, 7) is 4.73. The minimum absolute atomic E-state index is 0.0531. The molecule has 0 spiro atoms. The molecule has 13 nitrogen and oxygen atoms in total. The lowest BCUT2D eigenvalue weighted by molar-refractivity contribution is -0.740. The highest BCUT2D eigenvalue weighted by atomic mass is 35.5. The van der Waals surface area contributed by atoms with Gasteiger partial charge >= 0.3 is 0 Å². The van der Waals surface area contributed by atoms with E-state index in [1.165, 1.54) is 0 Å². The van der Waals surface area contributed by atoms with Gasteiger partial charge in [0.15, 0.2) is 45.8 Å². The van der Waals surface area contributed by atoms with Crippen LogP contribution in [-0.4, -0.2) is 68.3 Å². The first-order valence-corrected chi connectivity index (χ1v) is 12.3. The van der Waals surface area contributed by atoms with E-state index in [1.807, 2.05) is 29.7 Å². The molecule has 198 valence electrons.